The van der Waals surface area contributed by atoms with Crippen LogP contribution >= 0.6 is 0 Å². The first-order valence-corrected chi connectivity index (χ1v) is 13.3. The van der Waals surface area contributed by atoms with Gasteiger partial charge in [-0.25, -0.2) is 0 Å². The molecule has 1 saturated carbocycles. The van der Waals surface area contributed by atoms with Gasteiger partial charge < -0.3 is 15.0 Å². The fourth-order valence-corrected chi connectivity index (χ4v) is 5.68. The maximum Gasteiger partial charge on any atom is 0.166 e. The van der Waals surface area contributed by atoms with Crippen LogP contribution in [0.4, 0.5) is 0 Å². The second-order valence-corrected chi connectivity index (χ2v) is 10.1. The summed E-state index contributed by atoms with van der Waals surface area (Å²) in [5.41, 5.74) is 2.36. The van der Waals surface area contributed by atoms with E-state index in [2.05, 4.69) is 46.6 Å². The van der Waals surface area contributed by atoms with Gasteiger partial charge in [-0.05, 0) is 68.4 Å². The van der Waals surface area contributed by atoms with Gasteiger partial charge in [-0.15, -0.1) is 0 Å². The molecule has 1 aliphatic heterocycles. The lowest BCUT2D eigenvalue weighted by molar-refractivity contribution is -0.127. The molecule has 1 unspecified atom stereocenters. The number of hydrogen-bond donors (Lipinski definition) is 1. The summed E-state index contributed by atoms with van der Waals surface area (Å²) in [4.78, 5) is 15.2. The monoisotopic (exact) mass is 450 g/mol. The van der Waals surface area contributed by atoms with E-state index in [1.165, 1.54) is 75.6 Å². The van der Waals surface area contributed by atoms with Crippen molar-refractivity contribution in [1.82, 2.24) is 10.2 Å². The molecule has 1 aromatic carbocycles. The first-order valence-electron chi connectivity index (χ1n) is 13.3. The molecule has 0 aromatic heterocycles. The number of benzene rings is 1. The highest BCUT2D eigenvalue weighted by atomic mass is 16.5. The van der Waals surface area contributed by atoms with Crippen LogP contribution in [0, 0.1) is 5.92 Å². The van der Waals surface area contributed by atoms with Crippen LogP contribution in [-0.2, 0) is 9.53 Å². The third-order valence-electron chi connectivity index (χ3n) is 7.72. The Balaban J connectivity index is 1.40. The lowest BCUT2D eigenvalue weighted by Gasteiger charge is -2.36. The topological polar surface area (TPSA) is 41.6 Å². The number of allylic oxidation sites excluding steroid dienone is 2. The molecule has 0 radical (unpaired) electrons. The Morgan fingerprint density at radius 1 is 1.00 bits per heavy atom. The number of likely N-dealkylation sites (tertiary alicyclic amines) is 1. The number of aldehydes is 1. The average Bonchev–Trinajstić information content (AvgIpc) is 2.89. The Kier molecular flexibility index (Phi) is 9.19. The van der Waals surface area contributed by atoms with Crippen LogP contribution in [0.15, 0.2) is 48.2 Å². The molecule has 0 amide bonds. The van der Waals surface area contributed by atoms with Gasteiger partial charge >= 0.3 is 0 Å². The van der Waals surface area contributed by atoms with Gasteiger partial charge in [-0.1, -0.05) is 74.9 Å². The summed E-state index contributed by atoms with van der Waals surface area (Å²) in [6, 6.07) is 10.4. The highest BCUT2D eigenvalue weighted by molar-refractivity contribution is 5.80. The van der Waals surface area contributed by atoms with Gasteiger partial charge in [-0.2, -0.15) is 0 Å². The van der Waals surface area contributed by atoms with Crippen LogP contribution in [-0.4, -0.2) is 49.6 Å². The van der Waals surface area contributed by atoms with Crippen molar-refractivity contribution in [2.45, 2.75) is 76.2 Å². The van der Waals surface area contributed by atoms with Gasteiger partial charge in [-0.3, -0.25) is 4.79 Å². The van der Waals surface area contributed by atoms with Crippen LogP contribution in [0.2, 0.25) is 0 Å². The Morgan fingerprint density at radius 3 is 2.52 bits per heavy atom. The highest BCUT2D eigenvalue weighted by Gasteiger charge is 2.38. The van der Waals surface area contributed by atoms with E-state index in [4.69, 9.17) is 4.74 Å². The van der Waals surface area contributed by atoms with Crippen LogP contribution in [0.25, 0.3) is 5.57 Å². The van der Waals surface area contributed by atoms with Gasteiger partial charge in [0.15, 0.2) is 11.9 Å². The van der Waals surface area contributed by atoms with E-state index in [-0.39, 0.29) is 0 Å². The molecule has 1 atom stereocenters. The fraction of sp³-hybridized carbons (Fsp3) is 0.621. The second-order valence-electron chi connectivity index (χ2n) is 10.1. The zero-order valence-electron chi connectivity index (χ0n) is 20.3. The standard InChI is InChI=1S/C29H42N2O2/c32-24-29(33-22-17-25-11-4-1-5-12-25)23-27(26-13-6-2-7-14-26)15-16-28(29)30-18-10-21-31-19-8-3-9-20-31/h2,6-7,13-16,24-25,30H,1,3-5,8-12,17-23H2. The Labute approximate surface area is 200 Å². The average molecular weight is 451 g/mol. The molecular weight excluding hydrogens is 408 g/mol. The first-order chi connectivity index (χ1) is 16.3. The molecule has 4 rings (SSSR count). The smallest absolute Gasteiger partial charge is 0.166 e. The summed E-state index contributed by atoms with van der Waals surface area (Å²) in [6.45, 7) is 5.11. The molecule has 33 heavy (non-hydrogen) atoms. The van der Waals surface area contributed by atoms with Crippen LogP contribution in [0.1, 0.15) is 76.2 Å². The molecule has 3 aliphatic rings. The van der Waals surface area contributed by atoms with Gasteiger partial charge in [0.25, 0.3) is 0 Å². The van der Waals surface area contributed by atoms with Gasteiger partial charge in [0.1, 0.15) is 0 Å². The van der Waals surface area contributed by atoms with Crippen LogP contribution in [0.5, 0.6) is 0 Å². The molecule has 1 saturated heterocycles. The van der Waals surface area contributed by atoms with Crippen molar-refractivity contribution in [2.75, 3.05) is 32.8 Å². The first kappa shape index (κ1) is 24.2. The molecule has 4 nitrogen and oxygen atoms in total. The van der Waals surface area contributed by atoms with Gasteiger partial charge in [0, 0.05) is 19.6 Å². The molecule has 0 spiro atoms. The zero-order chi connectivity index (χ0) is 22.8. The summed E-state index contributed by atoms with van der Waals surface area (Å²) >= 11 is 0. The number of carbonyl (C=O) groups is 1. The van der Waals surface area contributed by atoms with Crippen molar-refractivity contribution in [2.24, 2.45) is 5.92 Å². The van der Waals surface area contributed by atoms with Crippen molar-refractivity contribution in [3.63, 3.8) is 0 Å². The lowest BCUT2D eigenvalue weighted by atomic mass is 9.84. The zero-order valence-corrected chi connectivity index (χ0v) is 20.3. The minimum atomic E-state index is -0.903. The molecule has 1 aromatic rings. The van der Waals surface area contributed by atoms with E-state index < -0.39 is 5.60 Å². The third kappa shape index (κ3) is 6.80. The minimum absolute atomic E-state index is 0.593. The van der Waals surface area contributed by atoms with Gasteiger partial charge in [0.2, 0.25) is 0 Å². The quantitative estimate of drug-likeness (QED) is 0.344. The Hall–Kier alpha value is -1.91. The summed E-state index contributed by atoms with van der Waals surface area (Å²) in [5.74, 6) is 0.750. The van der Waals surface area contributed by atoms with E-state index in [1.807, 2.05) is 6.07 Å². The summed E-state index contributed by atoms with van der Waals surface area (Å²) < 4.78 is 6.48. The van der Waals surface area contributed by atoms with E-state index in [0.717, 1.165) is 43.8 Å². The van der Waals surface area contributed by atoms with Crippen molar-refractivity contribution in [3.05, 3.63) is 53.7 Å². The van der Waals surface area contributed by atoms with Crippen LogP contribution < -0.4 is 5.32 Å². The third-order valence-corrected chi connectivity index (χ3v) is 7.72. The molecule has 2 fully saturated rings. The Morgan fingerprint density at radius 2 is 1.76 bits per heavy atom. The van der Waals surface area contributed by atoms with E-state index in [9.17, 15) is 4.79 Å². The normalized spacial score (nSPS) is 24.7. The molecular formula is C29H42N2O2. The summed E-state index contributed by atoms with van der Waals surface area (Å²) in [6.07, 6.45) is 18.7. The van der Waals surface area contributed by atoms with Crippen molar-refractivity contribution in [1.29, 1.82) is 0 Å². The maximum absolute atomic E-state index is 12.6. The number of nitrogens with one attached hydrogen (secondary N) is 1. The number of hydrogen-bond acceptors (Lipinski definition) is 4. The molecule has 0 bridgehead atoms. The lowest BCUT2D eigenvalue weighted by Crippen LogP contribution is -2.45. The summed E-state index contributed by atoms with van der Waals surface area (Å²) in [7, 11) is 0. The number of rotatable bonds is 11. The van der Waals surface area contributed by atoms with Crippen LogP contribution in [0.3, 0.4) is 0 Å². The van der Waals surface area contributed by atoms with Crippen molar-refractivity contribution < 1.29 is 9.53 Å². The van der Waals surface area contributed by atoms with Crippen molar-refractivity contribution >= 4 is 11.9 Å². The maximum atomic E-state index is 12.6. The number of nitrogens with zero attached hydrogens (tertiary/aromatic N) is 1. The molecule has 180 valence electrons. The molecule has 2 aliphatic carbocycles. The van der Waals surface area contributed by atoms with Gasteiger partial charge in [0.05, 0.1) is 5.70 Å². The fourth-order valence-electron chi connectivity index (χ4n) is 5.68. The number of ether oxygens (including phenoxy) is 1. The second kappa shape index (κ2) is 12.5. The number of piperidine rings is 1. The highest BCUT2D eigenvalue weighted by Crippen LogP contribution is 2.36. The largest absolute Gasteiger partial charge is 0.386 e. The predicted octanol–water partition coefficient (Wildman–Crippen LogP) is 5.75. The Bertz CT molecular complexity index is 791. The SMILES string of the molecule is O=CC1(OCCC2CCCCC2)CC(c2ccccc2)=CC=C1NCCCN1CCCCC1. The van der Waals surface area contributed by atoms with Crippen molar-refractivity contribution in [3.8, 4) is 0 Å². The van der Waals surface area contributed by atoms with E-state index in [1.54, 1.807) is 0 Å². The van der Waals surface area contributed by atoms with E-state index >= 15 is 0 Å². The molecule has 4 heteroatoms. The van der Waals surface area contributed by atoms with E-state index in [0.29, 0.717) is 13.0 Å². The minimum Gasteiger partial charge on any atom is -0.386 e. The molecule has 1 heterocycles. The molecule has 1 N–H and O–H groups in total. The summed E-state index contributed by atoms with van der Waals surface area (Å²) in [5, 5.41) is 3.60. The number of carbonyl (C=O) groups excluding carboxylic acids is 1. The predicted molar refractivity (Wildman–Crippen MR) is 136 cm³/mol.